The van der Waals surface area contributed by atoms with Crippen LogP contribution < -0.4 is 4.74 Å². The molecule has 0 amide bonds. The highest BCUT2D eigenvalue weighted by Crippen LogP contribution is 2.26. The molecule has 1 aliphatic heterocycles. The first-order chi connectivity index (χ1) is 10.7. The Kier molecular flexibility index (Phi) is 6.76. The lowest BCUT2D eigenvalue weighted by atomic mass is 9.90. The average molecular weight is 302 g/mol. The Labute approximate surface area is 134 Å². The van der Waals surface area contributed by atoms with Crippen LogP contribution >= 0.6 is 0 Å². The molecule has 0 atom stereocenters. The molecule has 3 heteroatoms. The molecular formula is C19H26O3. The number of terminal acetylenes is 1. The third-order valence-corrected chi connectivity index (χ3v) is 3.82. The van der Waals surface area contributed by atoms with Crippen LogP contribution in [0.3, 0.4) is 0 Å². The van der Waals surface area contributed by atoms with E-state index in [9.17, 15) is 0 Å². The highest BCUT2D eigenvalue weighted by Gasteiger charge is 2.33. The summed E-state index contributed by atoms with van der Waals surface area (Å²) in [6.07, 6.45) is 9.87. The SMILES string of the molecule is C#Cc1ccc(OCCCCCCOCC2(C)COC2)cc1. The van der Waals surface area contributed by atoms with Crippen molar-refractivity contribution in [3.8, 4) is 18.1 Å². The molecule has 0 unspecified atom stereocenters. The number of hydrogen-bond donors (Lipinski definition) is 0. The molecule has 3 nitrogen and oxygen atoms in total. The van der Waals surface area contributed by atoms with Crippen molar-refractivity contribution in [2.75, 3.05) is 33.0 Å². The van der Waals surface area contributed by atoms with E-state index in [0.717, 1.165) is 57.2 Å². The number of hydrogen-bond acceptors (Lipinski definition) is 3. The fourth-order valence-electron chi connectivity index (χ4n) is 2.35. The number of ether oxygens (including phenoxy) is 3. The van der Waals surface area contributed by atoms with Crippen molar-refractivity contribution in [3.05, 3.63) is 29.8 Å². The van der Waals surface area contributed by atoms with Gasteiger partial charge in [-0.25, -0.2) is 0 Å². The first-order valence-electron chi connectivity index (χ1n) is 8.07. The van der Waals surface area contributed by atoms with Gasteiger partial charge in [-0.1, -0.05) is 19.3 Å². The first kappa shape index (κ1) is 16.9. The second kappa shape index (κ2) is 8.82. The number of unbranched alkanes of at least 4 members (excludes halogenated alkanes) is 3. The molecule has 0 radical (unpaired) electrons. The van der Waals surface area contributed by atoms with Crippen LogP contribution in [0.15, 0.2) is 24.3 Å². The van der Waals surface area contributed by atoms with Gasteiger partial charge in [0.25, 0.3) is 0 Å². The maximum Gasteiger partial charge on any atom is 0.119 e. The van der Waals surface area contributed by atoms with E-state index < -0.39 is 0 Å². The third kappa shape index (κ3) is 5.71. The molecule has 1 aromatic rings. The maximum atomic E-state index is 5.71. The highest BCUT2D eigenvalue weighted by molar-refractivity contribution is 5.36. The summed E-state index contributed by atoms with van der Waals surface area (Å²) in [6.45, 7) is 6.32. The van der Waals surface area contributed by atoms with Crippen LogP contribution in [0.25, 0.3) is 0 Å². The van der Waals surface area contributed by atoms with Gasteiger partial charge in [-0.3, -0.25) is 0 Å². The van der Waals surface area contributed by atoms with E-state index in [1.807, 2.05) is 24.3 Å². The zero-order valence-corrected chi connectivity index (χ0v) is 13.5. The van der Waals surface area contributed by atoms with Gasteiger partial charge in [0.15, 0.2) is 0 Å². The quantitative estimate of drug-likeness (QED) is 0.487. The third-order valence-electron chi connectivity index (χ3n) is 3.82. The van der Waals surface area contributed by atoms with Crippen molar-refractivity contribution in [1.82, 2.24) is 0 Å². The first-order valence-corrected chi connectivity index (χ1v) is 8.07. The molecule has 1 fully saturated rings. The monoisotopic (exact) mass is 302 g/mol. The van der Waals surface area contributed by atoms with Crippen molar-refractivity contribution in [2.45, 2.75) is 32.6 Å². The van der Waals surface area contributed by atoms with Gasteiger partial charge in [-0.05, 0) is 43.5 Å². The molecule has 1 saturated heterocycles. The summed E-state index contributed by atoms with van der Waals surface area (Å²) in [6, 6.07) is 7.65. The highest BCUT2D eigenvalue weighted by atomic mass is 16.5. The lowest BCUT2D eigenvalue weighted by Gasteiger charge is -2.37. The maximum absolute atomic E-state index is 5.71. The largest absolute Gasteiger partial charge is 0.494 e. The van der Waals surface area contributed by atoms with Crippen LogP contribution in [0.1, 0.15) is 38.2 Å². The molecule has 1 aromatic carbocycles. The molecule has 22 heavy (non-hydrogen) atoms. The fourth-order valence-corrected chi connectivity index (χ4v) is 2.35. The number of rotatable bonds is 10. The molecule has 0 aromatic heterocycles. The molecule has 120 valence electrons. The minimum Gasteiger partial charge on any atom is -0.494 e. The van der Waals surface area contributed by atoms with E-state index in [1.54, 1.807) is 0 Å². The van der Waals surface area contributed by atoms with Crippen LogP contribution in [-0.4, -0.2) is 33.0 Å². The Balaban J connectivity index is 1.41. The Bertz CT molecular complexity index is 468. The van der Waals surface area contributed by atoms with E-state index >= 15 is 0 Å². The minimum absolute atomic E-state index is 0.267. The fraction of sp³-hybridized carbons (Fsp3) is 0.579. The lowest BCUT2D eigenvalue weighted by Crippen LogP contribution is -2.43. The van der Waals surface area contributed by atoms with E-state index in [1.165, 1.54) is 12.8 Å². The summed E-state index contributed by atoms with van der Waals surface area (Å²) in [5.41, 5.74) is 1.15. The van der Waals surface area contributed by atoms with Crippen LogP contribution in [0.2, 0.25) is 0 Å². The van der Waals surface area contributed by atoms with Gasteiger partial charge >= 0.3 is 0 Å². The zero-order valence-electron chi connectivity index (χ0n) is 13.5. The van der Waals surface area contributed by atoms with Gasteiger partial charge < -0.3 is 14.2 Å². The molecule has 0 saturated carbocycles. The summed E-state index contributed by atoms with van der Waals surface area (Å²) in [4.78, 5) is 0. The van der Waals surface area contributed by atoms with Gasteiger partial charge in [-0.15, -0.1) is 6.42 Å². The van der Waals surface area contributed by atoms with Gasteiger partial charge in [0.05, 0.1) is 26.4 Å². The van der Waals surface area contributed by atoms with Crippen molar-refractivity contribution in [3.63, 3.8) is 0 Å². The normalized spacial score (nSPS) is 15.8. The van der Waals surface area contributed by atoms with E-state index in [-0.39, 0.29) is 5.41 Å². The standard InChI is InChI=1S/C19H26O3/c1-3-17-8-10-18(11-9-17)22-13-7-5-4-6-12-20-14-19(2)15-21-16-19/h1,8-11H,4-7,12-16H2,2H3. The molecule has 0 bridgehead atoms. The second-order valence-electron chi connectivity index (χ2n) is 6.29. The summed E-state index contributed by atoms with van der Waals surface area (Å²) >= 11 is 0. The molecule has 0 spiro atoms. The Hall–Kier alpha value is -1.50. The smallest absolute Gasteiger partial charge is 0.119 e. The minimum atomic E-state index is 0.267. The summed E-state index contributed by atoms with van der Waals surface area (Å²) in [5, 5.41) is 0. The lowest BCUT2D eigenvalue weighted by molar-refractivity contribution is -0.137. The van der Waals surface area contributed by atoms with Crippen LogP contribution in [0, 0.1) is 17.8 Å². The Morgan fingerprint density at radius 3 is 2.36 bits per heavy atom. The van der Waals surface area contributed by atoms with Crippen LogP contribution in [0.5, 0.6) is 5.75 Å². The molecule has 1 heterocycles. The van der Waals surface area contributed by atoms with Gasteiger partial charge in [0.1, 0.15) is 5.75 Å². The average Bonchev–Trinajstić information content (AvgIpc) is 2.52. The summed E-state index contributed by atoms with van der Waals surface area (Å²) in [5.74, 6) is 3.48. The molecule has 0 aliphatic carbocycles. The van der Waals surface area contributed by atoms with Crippen LogP contribution in [0.4, 0.5) is 0 Å². The van der Waals surface area contributed by atoms with Crippen molar-refractivity contribution in [1.29, 1.82) is 0 Å². The molecule has 1 aliphatic rings. The van der Waals surface area contributed by atoms with E-state index in [0.29, 0.717) is 0 Å². The topological polar surface area (TPSA) is 27.7 Å². The van der Waals surface area contributed by atoms with Gasteiger partial charge in [0.2, 0.25) is 0 Å². The zero-order chi connectivity index (χ0) is 15.7. The number of benzene rings is 1. The van der Waals surface area contributed by atoms with Crippen LogP contribution in [-0.2, 0) is 9.47 Å². The van der Waals surface area contributed by atoms with Crippen molar-refractivity contribution < 1.29 is 14.2 Å². The van der Waals surface area contributed by atoms with Gasteiger partial charge in [-0.2, -0.15) is 0 Å². The van der Waals surface area contributed by atoms with Crippen molar-refractivity contribution in [2.24, 2.45) is 5.41 Å². The van der Waals surface area contributed by atoms with Crippen molar-refractivity contribution >= 4 is 0 Å². The predicted octanol–water partition coefficient (Wildman–Crippen LogP) is 3.66. The molecular weight excluding hydrogens is 276 g/mol. The summed E-state index contributed by atoms with van der Waals surface area (Å²) in [7, 11) is 0. The predicted molar refractivity (Wildman–Crippen MR) is 88.1 cm³/mol. The van der Waals surface area contributed by atoms with E-state index in [4.69, 9.17) is 20.6 Å². The van der Waals surface area contributed by atoms with Gasteiger partial charge in [0, 0.05) is 17.6 Å². The Morgan fingerprint density at radius 2 is 1.77 bits per heavy atom. The molecule has 0 N–H and O–H groups in total. The molecule has 2 rings (SSSR count). The Morgan fingerprint density at radius 1 is 1.09 bits per heavy atom. The summed E-state index contributed by atoms with van der Waals surface area (Å²) < 4.78 is 16.6. The second-order valence-corrected chi connectivity index (χ2v) is 6.29. The van der Waals surface area contributed by atoms with E-state index in [2.05, 4.69) is 12.8 Å².